The van der Waals surface area contributed by atoms with E-state index in [1.54, 1.807) is 12.2 Å². The first kappa shape index (κ1) is 40.8. The summed E-state index contributed by atoms with van der Waals surface area (Å²) in [6, 6.07) is 16.8. The summed E-state index contributed by atoms with van der Waals surface area (Å²) in [5.41, 5.74) is 5.63. The number of aliphatic carboxylic acids is 1. The molecular weight excluding hydrogens is 729 g/mol. The number of carboxylic acid groups (broad SMARTS) is 1. The predicted molar refractivity (Wildman–Crippen MR) is 202 cm³/mol. The number of allylic oxidation sites excluding steroid dienone is 1. The fourth-order valence-corrected chi connectivity index (χ4v) is 8.10. The Balaban J connectivity index is 1.61. The highest BCUT2D eigenvalue weighted by atomic mass is 31.2. The molecule has 292 valence electrons. The van der Waals surface area contributed by atoms with Crippen LogP contribution in [0.1, 0.15) is 67.6 Å². The van der Waals surface area contributed by atoms with Crippen molar-refractivity contribution in [2.24, 2.45) is 11.7 Å². The lowest BCUT2D eigenvalue weighted by molar-refractivity contribution is -0.151. The van der Waals surface area contributed by atoms with Crippen molar-refractivity contribution in [1.29, 1.82) is 0 Å². The largest absolute Gasteiger partial charge is 0.474 e. The van der Waals surface area contributed by atoms with Crippen molar-refractivity contribution in [3.05, 3.63) is 95.6 Å². The van der Waals surface area contributed by atoms with Crippen LogP contribution in [0, 0.1) is 5.92 Å². The highest BCUT2D eigenvalue weighted by molar-refractivity contribution is 7.50. The molecule has 5 rings (SSSR count). The van der Waals surface area contributed by atoms with Crippen molar-refractivity contribution in [3.63, 3.8) is 0 Å². The molecule has 55 heavy (non-hydrogen) atoms. The standard InChI is InChI=1S/C39H46N5O10P/c40-32(45)21-31-34(46)41-22-25(20-28-11-7-10-26-9-2-3-12-29(26)28)8-6-13-30(27-16-14-24(15-17-27)23-55(52,53)54)33(43-36(48)37(49)50)35(47)44-39(38(51)42-31)18-4-1-5-19-39/h2-3,6-7,9-17,25,30-31,33H,1,4-5,8,18-23H2,(H2,40,45)(H,41,46)(H,42,51)(H,43,48)(H,44,47)(H,49,50)(H2,52,53,54)/b13-6+/t25-,30+,31-,33-/m0/s1. The molecule has 5 amide bonds. The highest BCUT2D eigenvalue weighted by Gasteiger charge is 2.45. The number of hydrogen-bond donors (Lipinski definition) is 8. The van der Waals surface area contributed by atoms with E-state index in [4.69, 9.17) is 5.73 Å². The Bertz CT molecular complexity index is 2000. The summed E-state index contributed by atoms with van der Waals surface area (Å²) in [6.45, 7) is 0.112. The molecule has 3 aromatic carbocycles. The molecule has 1 aliphatic heterocycles. The van der Waals surface area contributed by atoms with Gasteiger partial charge in [0.05, 0.1) is 12.6 Å². The minimum Gasteiger partial charge on any atom is -0.474 e. The summed E-state index contributed by atoms with van der Waals surface area (Å²) in [7, 11) is -4.42. The van der Waals surface area contributed by atoms with Crippen LogP contribution in [0.15, 0.2) is 78.9 Å². The van der Waals surface area contributed by atoms with E-state index in [9.17, 15) is 48.2 Å². The van der Waals surface area contributed by atoms with Crippen molar-refractivity contribution < 1.29 is 48.2 Å². The van der Waals surface area contributed by atoms with Crippen molar-refractivity contribution in [2.75, 3.05) is 6.54 Å². The van der Waals surface area contributed by atoms with Gasteiger partial charge in [0, 0.05) is 12.5 Å². The van der Waals surface area contributed by atoms with Gasteiger partial charge in [-0.25, -0.2) is 4.79 Å². The average Bonchev–Trinajstić information content (AvgIpc) is 3.14. The van der Waals surface area contributed by atoms with Gasteiger partial charge >= 0.3 is 19.5 Å². The molecule has 0 bridgehead atoms. The third-order valence-corrected chi connectivity index (χ3v) is 11.0. The van der Waals surface area contributed by atoms with Gasteiger partial charge in [-0.2, -0.15) is 0 Å². The lowest BCUT2D eigenvalue weighted by atomic mass is 9.79. The molecule has 0 unspecified atom stereocenters. The summed E-state index contributed by atoms with van der Waals surface area (Å²) in [5, 5.41) is 22.3. The van der Waals surface area contributed by atoms with E-state index in [0.717, 1.165) is 22.8 Å². The van der Waals surface area contributed by atoms with Crippen LogP contribution in [-0.4, -0.2) is 74.6 Å². The van der Waals surface area contributed by atoms with Gasteiger partial charge in [-0.3, -0.25) is 28.5 Å². The number of carbonyl (C=O) groups excluding carboxylic acids is 5. The lowest BCUT2D eigenvalue weighted by Gasteiger charge is -2.39. The minimum absolute atomic E-state index is 0.112. The van der Waals surface area contributed by atoms with E-state index in [1.165, 1.54) is 24.3 Å². The molecular formula is C39H46N5O10P. The number of carboxylic acids is 1. The van der Waals surface area contributed by atoms with Crippen LogP contribution < -0.4 is 27.0 Å². The van der Waals surface area contributed by atoms with Gasteiger partial charge in [-0.15, -0.1) is 0 Å². The number of hydrogen-bond acceptors (Lipinski definition) is 7. The SMILES string of the molecule is NC(=O)C[C@@H]1NC(=O)C2(CCCCC2)NC(=O)[C@@H](NC(=O)C(=O)O)[C@@H](c2ccc(CP(=O)(O)O)cc2)/C=C/C[C@@H](Cc2cccc3ccccc23)CNC1=O. The van der Waals surface area contributed by atoms with Crippen molar-refractivity contribution in [1.82, 2.24) is 21.3 Å². The Kier molecular flexibility index (Phi) is 13.2. The van der Waals surface area contributed by atoms with Crippen LogP contribution in [0.5, 0.6) is 0 Å². The number of benzene rings is 3. The highest BCUT2D eigenvalue weighted by Crippen LogP contribution is 2.39. The molecule has 0 radical (unpaired) electrons. The first-order valence-corrected chi connectivity index (χ1v) is 19.9. The normalized spacial score (nSPS) is 23.0. The third kappa shape index (κ3) is 10.9. The molecule has 1 saturated carbocycles. The molecule has 1 heterocycles. The Morgan fingerprint density at radius 1 is 0.909 bits per heavy atom. The zero-order valence-corrected chi connectivity index (χ0v) is 31.0. The third-order valence-electron chi connectivity index (χ3n) is 10.2. The second-order valence-corrected chi connectivity index (χ2v) is 15.9. The molecule has 9 N–H and O–H groups in total. The van der Waals surface area contributed by atoms with E-state index >= 15 is 0 Å². The summed E-state index contributed by atoms with van der Waals surface area (Å²) in [5.74, 6) is -7.70. The van der Waals surface area contributed by atoms with Crippen LogP contribution >= 0.6 is 7.60 Å². The van der Waals surface area contributed by atoms with Crippen LogP contribution in [0.2, 0.25) is 0 Å². The summed E-state index contributed by atoms with van der Waals surface area (Å²) in [6.07, 6.45) is 5.25. The molecule has 1 fully saturated rings. The summed E-state index contributed by atoms with van der Waals surface area (Å²) < 4.78 is 11.7. The smallest absolute Gasteiger partial charge is 0.394 e. The van der Waals surface area contributed by atoms with E-state index in [2.05, 4.69) is 21.3 Å². The molecule has 0 aromatic heterocycles. The lowest BCUT2D eigenvalue weighted by Crippen LogP contribution is -2.65. The van der Waals surface area contributed by atoms with Crippen LogP contribution in [-0.2, 0) is 45.9 Å². The first-order chi connectivity index (χ1) is 26.1. The maximum Gasteiger partial charge on any atom is 0.394 e. The van der Waals surface area contributed by atoms with Crippen molar-refractivity contribution in [2.45, 2.75) is 81.1 Å². The number of nitrogens with two attached hydrogens (primary N) is 1. The summed E-state index contributed by atoms with van der Waals surface area (Å²) in [4.78, 5) is 98.1. The second-order valence-electron chi connectivity index (χ2n) is 14.3. The molecule has 3 aromatic rings. The van der Waals surface area contributed by atoms with E-state index in [0.29, 0.717) is 36.8 Å². The van der Waals surface area contributed by atoms with Crippen LogP contribution in [0.25, 0.3) is 10.8 Å². The second kappa shape index (κ2) is 17.8. The average molecular weight is 776 g/mol. The van der Waals surface area contributed by atoms with Gasteiger partial charge in [0.1, 0.15) is 17.6 Å². The van der Waals surface area contributed by atoms with E-state index in [-0.39, 0.29) is 25.3 Å². The number of rotatable bonds is 8. The molecule has 4 atom stereocenters. The Labute approximate surface area is 317 Å². The zero-order valence-electron chi connectivity index (χ0n) is 30.1. The maximum absolute atomic E-state index is 14.4. The van der Waals surface area contributed by atoms with Crippen molar-refractivity contribution in [3.8, 4) is 0 Å². The minimum atomic E-state index is -4.42. The predicted octanol–water partition coefficient (Wildman–Crippen LogP) is 2.28. The molecule has 0 saturated heterocycles. The number of primary amides is 1. The number of amides is 5. The van der Waals surface area contributed by atoms with Gasteiger partial charge in [-0.05, 0) is 59.1 Å². The van der Waals surface area contributed by atoms with Gasteiger partial charge in [0.25, 0.3) is 0 Å². The Hall–Kier alpha value is -5.37. The first-order valence-electron chi connectivity index (χ1n) is 18.1. The Morgan fingerprint density at radius 2 is 1.60 bits per heavy atom. The number of fused-ring (bicyclic) bond motifs is 1. The number of nitrogens with one attached hydrogen (secondary N) is 4. The van der Waals surface area contributed by atoms with Gasteiger partial charge in [0.15, 0.2) is 0 Å². The molecule has 2 aliphatic rings. The molecule has 16 heteroatoms. The molecule has 1 aliphatic carbocycles. The summed E-state index contributed by atoms with van der Waals surface area (Å²) >= 11 is 0. The van der Waals surface area contributed by atoms with E-state index in [1.807, 2.05) is 42.5 Å². The fourth-order valence-electron chi connectivity index (χ4n) is 7.41. The Morgan fingerprint density at radius 3 is 2.27 bits per heavy atom. The number of carbonyl (C=O) groups is 6. The van der Waals surface area contributed by atoms with Crippen LogP contribution in [0.4, 0.5) is 0 Å². The molecule has 1 spiro atoms. The zero-order chi connectivity index (χ0) is 39.8. The van der Waals surface area contributed by atoms with Gasteiger partial charge < -0.3 is 41.9 Å². The van der Waals surface area contributed by atoms with Crippen molar-refractivity contribution >= 4 is 53.9 Å². The topological polar surface area (TPSA) is 254 Å². The van der Waals surface area contributed by atoms with Gasteiger partial charge in [-0.1, -0.05) is 98.1 Å². The quantitative estimate of drug-likeness (QED) is 0.0941. The fraction of sp³-hybridized carbons (Fsp3) is 0.385. The maximum atomic E-state index is 14.4. The van der Waals surface area contributed by atoms with Crippen LogP contribution in [0.3, 0.4) is 0 Å². The van der Waals surface area contributed by atoms with Gasteiger partial charge in [0.2, 0.25) is 23.6 Å². The van der Waals surface area contributed by atoms with E-state index < -0.39 is 79.2 Å². The molecule has 15 nitrogen and oxygen atoms in total. The monoisotopic (exact) mass is 775 g/mol.